The molecule has 72 valence electrons. The van der Waals surface area contributed by atoms with Crippen LogP contribution in [0.4, 0.5) is 0 Å². The molecule has 1 aromatic rings. The Morgan fingerprint density at radius 3 is 2.54 bits per heavy atom. The first kappa shape index (κ1) is 10.3. The molecule has 0 amide bonds. The molecule has 0 saturated heterocycles. The molecule has 0 unspecified atom stereocenters. The number of hydrogen-bond donors (Lipinski definition) is 1. The van der Waals surface area contributed by atoms with Crippen LogP contribution in [0, 0.1) is 6.92 Å². The van der Waals surface area contributed by atoms with Crippen LogP contribution < -0.4 is 5.32 Å². The first-order valence-electron chi connectivity index (χ1n) is 4.89. The Hall–Kier alpha value is -0.820. The monoisotopic (exact) mass is 177 g/mol. The summed E-state index contributed by atoms with van der Waals surface area (Å²) in [7, 11) is 2.00. The third kappa shape index (κ3) is 2.31. The third-order valence-corrected chi connectivity index (χ3v) is 2.42. The van der Waals surface area contributed by atoms with E-state index in [4.69, 9.17) is 0 Å². The molecule has 1 nitrogen and oxygen atoms in total. The Morgan fingerprint density at radius 1 is 1.31 bits per heavy atom. The molecular weight excluding hydrogens is 158 g/mol. The summed E-state index contributed by atoms with van der Waals surface area (Å²) < 4.78 is 0. The van der Waals surface area contributed by atoms with E-state index < -0.39 is 0 Å². The van der Waals surface area contributed by atoms with E-state index in [1.54, 1.807) is 0 Å². The summed E-state index contributed by atoms with van der Waals surface area (Å²) in [6.45, 7) is 7.64. The molecule has 0 atom stereocenters. The SMILES string of the molecule is CNCc1c(C)cccc1C(C)C. The standard InChI is InChI=1S/C12H19N/c1-9(2)11-7-5-6-10(3)12(11)8-13-4/h5-7,9,13H,8H2,1-4H3. The Bertz CT molecular complexity index is 276. The molecule has 0 aliphatic carbocycles. The lowest BCUT2D eigenvalue weighted by Crippen LogP contribution is -2.10. The molecule has 1 rings (SSSR count). The predicted molar refractivity (Wildman–Crippen MR) is 58.0 cm³/mol. The minimum atomic E-state index is 0.614. The maximum Gasteiger partial charge on any atom is 0.0207 e. The van der Waals surface area contributed by atoms with Crippen molar-refractivity contribution in [2.45, 2.75) is 33.2 Å². The van der Waals surface area contributed by atoms with Crippen LogP contribution in [-0.4, -0.2) is 7.05 Å². The van der Waals surface area contributed by atoms with Crippen LogP contribution in [0.2, 0.25) is 0 Å². The van der Waals surface area contributed by atoms with Gasteiger partial charge in [-0.15, -0.1) is 0 Å². The number of aryl methyl sites for hydroxylation is 1. The second-order valence-electron chi connectivity index (χ2n) is 3.83. The van der Waals surface area contributed by atoms with E-state index in [1.807, 2.05) is 7.05 Å². The minimum absolute atomic E-state index is 0.614. The number of benzene rings is 1. The van der Waals surface area contributed by atoms with E-state index in [1.165, 1.54) is 16.7 Å². The minimum Gasteiger partial charge on any atom is -0.316 e. The van der Waals surface area contributed by atoms with Gasteiger partial charge in [0.05, 0.1) is 0 Å². The molecule has 1 N–H and O–H groups in total. The van der Waals surface area contributed by atoms with Gasteiger partial charge in [-0.05, 0) is 36.6 Å². The smallest absolute Gasteiger partial charge is 0.0207 e. The van der Waals surface area contributed by atoms with Crippen LogP contribution in [0.15, 0.2) is 18.2 Å². The lowest BCUT2D eigenvalue weighted by Gasteiger charge is -2.14. The number of rotatable bonds is 3. The number of hydrogen-bond acceptors (Lipinski definition) is 1. The maximum atomic E-state index is 3.22. The maximum absolute atomic E-state index is 3.22. The largest absolute Gasteiger partial charge is 0.316 e. The van der Waals surface area contributed by atoms with E-state index in [0.717, 1.165) is 6.54 Å². The van der Waals surface area contributed by atoms with Crippen molar-refractivity contribution in [3.05, 3.63) is 34.9 Å². The summed E-state index contributed by atoms with van der Waals surface area (Å²) in [5, 5.41) is 3.22. The van der Waals surface area contributed by atoms with Crippen molar-refractivity contribution in [1.82, 2.24) is 5.32 Å². The molecule has 0 bridgehead atoms. The van der Waals surface area contributed by atoms with Gasteiger partial charge in [-0.1, -0.05) is 32.0 Å². The van der Waals surface area contributed by atoms with Crippen LogP contribution >= 0.6 is 0 Å². The predicted octanol–water partition coefficient (Wildman–Crippen LogP) is 2.84. The van der Waals surface area contributed by atoms with E-state index >= 15 is 0 Å². The second kappa shape index (κ2) is 4.43. The second-order valence-corrected chi connectivity index (χ2v) is 3.83. The van der Waals surface area contributed by atoms with Gasteiger partial charge >= 0.3 is 0 Å². The molecule has 1 heteroatoms. The Kier molecular flexibility index (Phi) is 3.49. The Balaban J connectivity index is 3.09. The van der Waals surface area contributed by atoms with Crippen molar-refractivity contribution in [2.24, 2.45) is 0 Å². The van der Waals surface area contributed by atoms with E-state index in [-0.39, 0.29) is 0 Å². The molecule has 13 heavy (non-hydrogen) atoms. The summed E-state index contributed by atoms with van der Waals surface area (Å²) in [5.74, 6) is 0.614. The fourth-order valence-corrected chi connectivity index (χ4v) is 1.68. The lowest BCUT2D eigenvalue weighted by molar-refractivity contribution is 0.770. The highest BCUT2D eigenvalue weighted by molar-refractivity contribution is 5.36. The zero-order chi connectivity index (χ0) is 9.84. The van der Waals surface area contributed by atoms with Crippen molar-refractivity contribution < 1.29 is 0 Å². The van der Waals surface area contributed by atoms with Crippen molar-refractivity contribution >= 4 is 0 Å². The molecular formula is C12H19N. The van der Waals surface area contributed by atoms with Gasteiger partial charge in [-0.3, -0.25) is 0 Å². The van der Waals surface area contributed by atoms with Crippen LogP contribution in [0.5, 0.6) is 0 Å². The van der Waals surface area contributed by atoms with Gasteiger partial charge in [-0.2, -0.15) is 0 Å². The van der Waals surface area contributed by atoms with Gasteiger partial charge in [0.2, 0.25) is 0 Å². The fraction of sp³-hybridized carbons (Fsp3) is 0.500. The average Bonchev–Trinajstić information content (AvgIpc) is 2.08. The van der Waals surface area contributed by atoms with Gasteiger partial charge in [0.25, 0.3) is 0 Å². The zero-order valence-corrected chi connectivity index (χ0v) is 9.02. The summed E-state index contributed by atoms with van der Waals surface area (Å²) in [6, 6.07) is 6.55. The normalized spacial score (nSPS) is 10.8. The average molecular weight is 177 g/mol. The lowest BCUT2D eigenvalue weighted by atomic mass is 9.94. The highest BCUT2D eigenvalue weighted by Gasteiger charge is 2.07. The summed E-state index contributed by atoms with van der Waals surface area (Å²) in [4.78, 5) is 0. The Labute approximate surface area is 81.2 Å². The molecule has 0 aromatic heterocycles. The van der Waals surface area contributed by atoms with Crippen LogP contribution in [0.1, 0.15) is 36.5 Å². The van der Waals surface area contributed by atoms with Gasteiger partial charge < -0.3 is 5.32 Å². The molecule has 0 saturated carbocycles. The third-order valence-electron chi connectivity index (χ3n) is 2.42. The highest BCUT2D eigenvalue weighted by Crippen LogP contribution is 2.21. The molecule has 0 radical (unpaired) electrons. The van der Waals surface area contributed by atoms with Gasteiger partial charge in [0.1, 0.15) is 0 Å². The summed E-state index contributed by atoms with van der Waals surface area (Å²) >= 11 is 0. The fourth-order valence-electron chi connectivity index (χ4n) is 1.68. The van der Waals surface area contributed by atoms with Crippen LogP contribution in [-0.2, 0) is 6.54 Å². The molecule has 1 aromatic carbocycles. The molecule has 0 fully saturated rings. The van der Waals surface area contributed by atoms with Crippen LogP contribution in [0.3, 0.4) is 0 Å². The molecule has 0 aliphatic heterocycles. The van der Waals surface area contributed by atoms with E-state index in [0.29, 0.717) is 5.92 Å². The molecule has 0 spiro atoms. The topological polar surface area (TPSA) is 12.0 Å². The highest BCUT2D eigenvalue weighted by atomic mass is 14.8. The van der Waals surface area contributed by atoms with E-state index in [2.05, 4.69) is 44.3 Å². The van der Waals surface area contributed by atoms with Crippen LogP contribution in [0.25, 0.3) is 0 Å². The van der Waals surface area contributed by atoms with Gasteiger partial charge in [-0.25, -0.2) is 0 Å². The van der Waals surface area contributed by atoms with Crippen molar-refractivity contribution in [3.63, 3.8) is 0 Å². The summed E-state index contributed by atoms with van der Waals surface area (Å²) in [5.41, 5.74) is 4.31. The van der Waals surface area contributed by atoms with Gasteiger partial charge in [0.15, 0.2) is 0 Å². The van der Waals surface area contributed by atoms with Gasteiger partial charge in [0, 0.05) is 6.54 Å². The van der Waals surface area contributed by atoms with Crippen molar-refractivity contribution in [2.75, 3.05) is 7.05 Å². The van der Waals surface area contributed by atoms with Crippen molar-refractivity contribution in [3.8, 4) is 0 Å². The van der Waals surface area contributed by atoms with Crippen molar-refractivity contribution in [1.29, 1.82) is 0 Å². The molecule has 0 heterocycles. The Morgan fingerprint density at radius 2 is 2.00 bits per heavy atom. The molecule has 0 aliphatic rings. The quantitative estimate of drug-likeness (QED) is 0.748. The summed E-state index contributed by atoms with van der Waals surface area (Å²) in [6.07, 6.45) is 0. The first-order valence-corrected chi connectivity index (χ1v) is 4.89. The van der Waals surface area contributed by atoms with E-state index in [9.17, 15) is 0 Å². The first-order chi connectivity index (χ1) is 6.16. The number of nitrogens with one attached hydrogen (secondary N) is 1. The zero-order valence-electron chi connectivity index (χ0n) is 9.02.